The van der Waals surface area contributed by atoms with Crippen molar-refractivity contribution in [2.45, 2.75) is 37.3 Å². The molecule has 0 spiro atoms. The van der Waals surface area contributed by atoms with Crippen LogP contribution >= 0.6 is 11.8 Å². The second-order valence-corrected chi connectivity index (χ2v) is 7.36. The second kappa shape index (κ2) is 8.71. The van der Waals surface area contributed by atoms with Gasteiger partial charge in [-0.1, -0.05) is 12.1 Å². The molecule has 2 unspecified atom stereocenters. The minimum Gasteiger partial charge on any atom is -0.393 e. The molecule has 1 aromatic carbocycles. The quantitative estimate of drug-likeness (QED) is 0.811. The van der Waals surface area contributed by atoms with E-state index >= 15 is 0 Å². The molecule has 2 atom stereocenters. The summed E-state index contributed by atoms with van der Waals surface area (Å²) in [6, 6.07) is 8.35. The van der Waals surface area contributed by atoms with Crippen molar-refractivity contribution >= 4 is 17.7 Å². The largest absolute Gasteiger partial charge is 0.393 e. The highest BCUT2D eigenvalue weighted by Crippen LogP contribution is 2.20. The molecule has 23 heavy (non-hydrogen) atoms. The molecule has 128 valence electrons. The van der Waals surface area contributed by atoms with Crippen molar-refractivity contribution in [3.05, 3.63) is 29.8 Å². The molecule has 0 bridgehead atoms. The molecular formula is C18H28N2O2S. The maximum absolute atomic E-state index is 12.4. The van der Waals surface area contributed by atoms with Crippen LogP contribution in [0.15, 0.2) is 29.2 Å². The molecule has 4 nitrogen and oxygen atoms in total. The lowest BCUT2D eigenvalue weighted by Gasteiger charge is -2.34. The lowest BCUT2D eigenvalue weighted by molar-refractivity contribution is -0.132. The van der Waals surface area contributed by atoms with Gasteiger partial charge in [-0.3, -0.25) is 9.69 Å². The lowest BCUT2D eigenvalue weighted by atomic mass is 9.93. The van der Waals surface area contributed by atoms with Crippen molar-refractivity contribution in [2.24, 2.45) is 5.92 Å². The molecule has 1 aliphatic rings. The highest BCUT2D eigenvalue weighted by atomic mass is 32.2. The maximum atomic E-state index is 12.4. The van der Waals surface area contributed by atoms with Gasteiger partial charge in [-0.05, 0) is 56.2 Å². The highest BCUT2D eigenvalue weighted by molar-refractivity contribution is 7.98. The number of hydrogen-bond acceptors (Lipinski definition) is 4. The summed E-state index contributed by atoms with van der Waals surface area (Å²) in [5.41, 5.74) is 1.15. The van der Waals surface area contributed by atoms with E-state index in [9.17, 15) is 9.90 Å². The van der Waals surface area contributed by atoms with Crippen LogP contribution in [0, 0.1) is 5.92 Å². The first-order chi connectivity index (χ1) is 11.0. The van der Waals surface area contributed by atoms with E-state index in [0.717, 1.165) is 31.5 Å². The van der Waals surface area contributed by atoms with Gasteiger partial charge in [0.15, 0.2) is 0 Å². The summed E-state index contributed by atoms with van der Waals surface area (Å²) in [7, 11) is 1.86. The standard InChI is InChI=1S/C18H28N2O2S/c1-14(21)16-5-4-10-20(12-16)13-18(22)19(2)11-15-6-8-17(23-3)9-7-15/h6-9,14,16,21H,4-5,10-13H2,1-3H3. The highest BCUT2D eigenvalue weighted by Gasteiger charge is 2.25. The van der Waals surface area contributed by atoms with E-state index in [1.807, 2.05) is 14.0 Å². The fourth-order valence-electron chi connectivity index (χ4n) is 3.03. The van der Waals surface area contributed by atoms with Gasteiger partial charge in [0.25, 0.3) is 0 Å². The summed E-state index contributed by atoms with van der Waals surface area (Å²) in [6.45, 7) is 4.70. The van der Waals surface area contributed by atoms with Crippen LogP contribution in [0.5, 0.6) is 0 Å². The summed E-state index contributed by atoms with van der Waals surface area (Å²) in [4.78, 5) is 17.6. The van der Waals surface area contributed by atoms with Crippen molar-refractivity contribution in [3.63, 3.8) is 0 Å². The zero-order valence-corrected chi connectivity index (χ0v) is 15.2. The van der Waals surface area contributed by atoms with Gasteiger partial charge < -0.3 is 10.0 Å². The number of piperidine rings is 1. The Hall–Kier alpha value is -1.04. The zero-order valence-electron chi connectivity index (χ0n) is 14.4. The molecule has 0 saturated carbocycles. The predicted octanol–water partition coefficient (Wildman–Crippen LogP) is 2.46. The number of nitrogens with zero attached hydrogens (tertiary/aromatic N) is 2. The van der Waals surface area contributed by atoms with Crippen LogP contribution in [0.3, 0.4) is 0 Å². The van der Waals surface area contributed by atoms with E-state index in [1.165, 1.54) is 4.90 Å². The number of hydrogen-bond donors (Lipinski definition) is 1. The summed E-state index contributed by atoms with van der Waals surface area (Å²) in [6.07, 6.45) is 3.88. The number of benzene rings is 1. The van der Waals surface area contributed by atoms with Crippen LogP contribution in [-0.4, -0.2) is 59.9 Å². The average molecular weight is 337 g/mol. The summed E-state index contributed by atoms with van der Waals surface area (Å²) in [5.74, 6) is 0.436. The Labute approximate surface area is 143 Å². The third-order valence-electron chi connectivity index (χ3n) is 4.59. The number of rotatable bonds is 6. The Morgan fingerprint density at radius 2 is 2.13 bits per heavy atom. The first kappa shape index (κ1) is 18.3. The topological polar surface area (TPSA) is 43.8 Å². The zero-order chi connectivity index (χ0) is 16.8. The fraction of sp³-hybridized carbons (Fsp3) is 0.611. The van der Waals surface area contributed by atoms with E-state index in [1.54, 1.807) is 16.7 Å². The average Bonchev–Trinajstić information content (AvgIpc) is 2.55. The Kier molecular flexibility index (Phi) is 6.93. The van der Waals surface area contributed by atoms with E-state index in [2.05, 4.69) is 35.4 Å². The number of aliphatic hydroxyl groups excluding tert-OH is 1. The molecule has 1 heterocycles. The summed E-state index contributed by atoms with van der Waals surface area (Å²) in [5, 5.41) is 9.75. The predicted molar refractivity (Wildman–Crippen MR) is 95.5 cm³/mol. The van der Waals surface area contributed by atoms with Crippen LogP contribution in [0.2, 0.25) is 0 Å². The van der Waals surface area contributed by atoms with E-state index in [-0.39, 0.29) is 12.0 Å². The van der Waals surface area contributed by atoms with Crippen molar-refractivity contribution in [1.29, 1.82) is 0 Å². The monoisotopic (exact) mass is 336 g/mol. The second-order valence-electron chi connectivity index (χ2n) is 6.48. The van der Waals surface area contributed by atoms with Crippen molar-refractivity contribution in [3.8, 4) is 0 Å². The van der Waals surface area contributed by atoms with Crippen molar-refractivity contribution in [2.75, 3.05) is 32.9 Å². The smallest absolute Gasteiger partial charge is 0.236 e. The Balaban J connectivity index is 1.84. The maximum Gasteiger partial charge on any atom is 0.236 e. The lowest BCUT2D eigenvalue weighted by Crippen LogP contribution is -2.44. The molecule has 1 aromatic rings. The number of carbonyl (C=O) groups is 1. The van der Waals surface area contributed by atoms with Gasteiger partial charge in [-0.25, -0.2) is 0 Å². The van der Waals surface area contributed by atoms with Crippen molar-refractivity contribution in [1.82, 2.24) is 9.80 Å². The molecule has 0 radical (unpaired) electrons. The van der Waals surface area contributed by atoms with Crippen LogP contribution in [0.1, 0.15) is 25.3 Å². The normalized spacial score (nSPS) is 20.3. The molecular weight excluding hydrogens is 308 g/mol. The number of aliphatic hydroxyl groups is 1. The number of carbonyl (C=O) groups excluding carboxylic acids is 1. The van der Waals surface area contributed by atoms with E-state index in [4.69, 9.17) is 0 Å². The minimum atomic E-state index is -0.291. The van der Waals surface area contributed by atoms with Crippen LogP contribution in [0.4, 0.5) is 0 Å². The van der Waals surface area contributed by atoms with Crippen molar-refractivity contribution < 1.29 is 9.90 Å². The third kappa shape index (κ3) is 5.52. The molecule has 1 N–H and O–H groups in total. The van der Waals surface area contributed by atoms with Gasteiger partial charge in [0.1, 0.15) is 0 Å². The van der Waals surface area contributed by atoms with Crippen LogP contribution in [0.25, 0.3) is 0 Å². The SMILES string of the molecule is CSc1ccc(CN(C)C(=O)CN2CCCC(C(C)O)C2)cc1. The number of likely N-dealkylation sites (N-methyl/N-ethyl adjacent to an activating group) is 1. The molecule has 0 aliphatic carbocycles. The van der Waals surface area contributed by atoms with Gasteiger partial charge in [-0.15, -0.1) is 11.8 Å². The summed E-state index contributed by atoms with van der Waals surface area (Å²) >= 11 is 1.72. The Morgan fingerprint density at radius 3 is 2.74 bits per heavy atom. The van der Waals surface area contributed by atoms with Gasteiger partial charge in [0.05, 0.1) is 12.6 Å². The summed E-state index contributed by atoms with van der Waals surface area (Å²) < 4.78 is 0. The molecule has 2 rings (SSSR count). The fourth-order valence-corrected chi connectivity index (χ4v) is 3.44. The van der Waals surface area contributed by atoms with Gasteiger partial charge in [0, 0.05) is 25.0 Å². The van der Waals surface area contributed by atoms with Gasteiger partial charge >= 0.3 is 0 Å². The Morgan fingerprint density at radius 1 is 1.43 bits per heavy atom. The number of amides is 1. The number of thioether (sulfide) groups is 1. The molecule has 1 fully saturated rings. The number of likely N-dealkylation sites (tertiary alicyclic amines) is 1. The van der Waals surface area contributed by atoms with Crippen LogP contribution < -0.4 is 0 Å². The molecule has 1 saturated heterocycles. The van der Waals surface area contributed by atoms with E-state index in [0.29, 0.717) is 19.0 Å². The molecule has 1 aliphatic heterocycles. The van der Waals surface area contributed by atoms with Crippen LogP contribution in [-0.2, 0) is 11.3 Å². The minimum absolute atomic E-state index is 0.144. The van der Waals surface area contributed by atoms with Gasteiger partial charge in [-0.2, -0.15) is 0 Å². The molecule has 1 amide bonds. The molecule has 0 aromatic heterocycles. The molecule has 5 heteroatoms. The first-order valence-electron chi connectivity index (χ1n) is 8.27. The third-order valence-corrected chi connectivity index (χ3v) is 5.33. The Bertz CT molecular complexity index is 504. The first-order valence-corrected chi connectivity index (χ1v) is 9.49. The van der Waals surface area contributed by atoms with E-state index < -0.39 is 0 Å². The van der Waals surface area contributed by atoms with Gasteiger partial charge in [0.2, 0.25) is 5.91 Å².